The van der Waals surface area contributed by atoms with Crippen LogP contribution in [0.4, 0.5) is 4.39 Å². The highest BCUT2D eigenvalue weighted by atomic mass is 19.1. The van der Waals surface area contributed by atoms with Crippen molar-refractivity contribution in [3.05, 3.63) is 35.1 Å². The normalized spacial score (nSPS) is 14.2. The molecule has 1 aromatic carbocycles. The first-order valence-electron chi connectivity index (χ1n) is 5.84. The van der Waals surface area contributed by atoms with E-state index in [0.29, 0.717) is 12.2 Å². The van der Waals surface area contributed by atoms with Crippen LogP contribution in [0.1, 0.15) is 24.0 Å². The lowest BCUT2D eigenvalue weighted by Crippen LogP contribution is -1.98. The topological polar surface area (TPSA) is 35.2 Å². The Morgan fingerprint density at radius 1 is 1.41 bits per heavy atom. The first kappa shape index (κ1) is 12.1. The third-order valence-electron chi connectivity index (χ3n) is 2.68. The summed E-state index contributed by atoms with van der Waals surface area (Å²) in [6.07, 6.45) is 2.55. The van der Waals surface area contributed by atoms with Gasteiger partial charge >= 0.3 is 0 Å². The summed E-state index contributed by atoms with van der Waals surface area (Å²) in [7, 11) is 0. The summed E-state index contributed by atoms with van der Waals surface area (Å²) in [5.74, 6) is 5.81. The van der Waals surface area contributed by atoms with Crippen molar-refractivity contribution in [3.63, 3.8) is 0 Å². The van der Waals surface area contributed by atoms with Crippen molar-refractivity contribution in [1.82, 2.24) is 0 Å². The van der Waals surface area contributed by atoms with Crippen molar-refractivity contribution >= 4 is 0 Å². The van der Waals surface area contributed by atoms with E-state index >= 15 is 0 Å². The Morgan fingerprint density at radius 2 is 2.24 bits per heavy atom. The van der Waals surface area contributed by atoms with Crippen molar-refractivity contribution in [2.45, 2.75) is 19.4 Å². The monoisotopic (exact) mass is 233 g/mol. The van der Waals surface area contributed by atoms with Gasteiger partial charge in [0.15, 0.2) is 0 Å². The molecule has 0 atom stereocenters. The zero-order valence-electron chi connectivity index (χ0n) is 9.71. The molecule has 90 valence electrons. The summed E-state index contributed by atoms with van der Waals surface area (Å²) in [4.78, 5) is 0. The van der Waals surface area contributed by atoms with Gasteiger partial charge < -0.3 is 10.5 Å². The van der Waals surface area contributed by atoms with E-state index in [1.165, 1.54) is 18.9 Å². The van der Waals surface area contributed by atoms with Gasteiger partial charge in [-0.3, -0.25) is 0 Å². The van der Waals surface area contributed by atoms with Crippen molar-refractivity contribution < 1.29 is 9.13 Å². The number of nitrogens with two attached hydrogens (primary N) is 1. The van der Waals surface area contributed by atoms with E-state index in [1.54, 1.807) is 12.1 Å². The molecule has 0 radical (unpaired) electrons. The molecule has 0 aromatic heterocycles. The molecule has 0 saturated heterocycles. The maximum atomic E-state index is 13.4. The molecule has 0 aliphatic heterocycles. The molecular formula is C14H16FNO. The van der Waals surface area contributed by atoms with E-state index < -0.39 is 0 Å². The van der Waals surface area contributed by atoms with Gasteiger partial charge in [0.1, 0.15) is 5.82 Å². The van der Waals surface area contributed by atoms with Crippen LogP contribution in [0.2, 0.25) is 0 Å². The molecule has 0 unspecified atom stereocenters. The van der Waals surface area contributed by atoms with Gasteiger partial charge in [-0.1, -0.05) is 17.9 Å². The average molecular weight is 233 g/mol. The van der Waals surface area contributed by atoms with E-state index in [0.717, 1.165) is 18.1 Å². The maximum Gasteiger partial charge on any atom is 0.138 e. The van der Waals surface area contributed by atoms with E-state index in [9.17, 15) is 4.39 Å². The second-order valence-electron chi connectivity index (χ2n) is 4.28. The lowest BCUT2D eigenvalue weighted by molar-refractivity contribution is 0.111. The number of hydrogen-bond acceptors (Lipinski definition) is 2. The molecule has 3 heteroatoms. The van der Waals surface area contributed by atoms with Crippen LogP contribution in [0.15, 0.2) is 18.2 Å². The fourth-order valence-electron chi connectivity index (χ4n) is 1.53. The molecule has 1 saturated carbocycles. The Kier molecular flexibility index (Phi) is 4.13. The van der Waals surface area contributed by atoms with E-state index in [1.807, 2.05) is 0 Å². The van der Waals surface area contributed by atoms with Crippen LogP contribution in [0.3, 0.4) is 0 Å². The second kappa shape index (κ2) is 5.81. The van der Waals surface area contributed by atoms with Gasteiger partial charge in [-0.2, -0.15) is 0 Å². The van der Waals surface area contributed by atoms with Gasteiger partial charge in [-0.05, 0) is 36.5 Å². The molecule has 17 heavy (non-hydrogen) atoms. The first-order valence-corrected chi connectivity index (χ1v) is 5.84. The fourth-order valence-corrected chi connectivity index (χ4v) is 1.53. The largest absolute Gasteiger partial charge is 0.376 e. The maximum absolute atomic E-state index is 13.4. The number of rotatable bonds is 4. The summed E-state index contributed by atoms with van der Waals surface area (Å²) in [6.45, 7) is 1.57. The van der Waals surface area contributed by atoms with Crippen LogP contribution in [0.5, 0.6) is 0 Å². The minimum absolute atomic E-state index is 0.238. The molecule has 0 amide bonds. The predicted octanol–water partition coefficient (Wildman–Crippen LogP) is 2.06. The Morgan fingerprint density at radius 3 is 2.94 bits per heavy atom. The minimum atomic E-state index is -0.308. The molecule has 1 fully saturated rings. The Hall–Kier alpha value is -1.37. The third-order valence-corrected chi connectivity index (χ3v) is 2.68. The summed E-state index contributed by atoms with van der Waals surface area (Å²) in [5, 5.41) is 0. The van der Waals surface area contributed by atoms with Crippen LogP contribution in [0.25, 0.3) is 0 Å². The van der Waals surface area contributed by atoms with Gasteiger partial charge in [-0.15, -0.1) is 0 Å². The molecule has 2 nitrogen and oxygen atoms in total. The van der Waals surface area contributed by atoms with Crippen molar-refractivity contribution in [2.24, 2.45) is 11.7 Å². The van der Waals surface area contributed by atoms with Crippen LogP contribution in [-0.4, -0.2) is 13.2 Å². The van der Waals surface area contributed by atoms with Crippen LogP contribution >= 0.6 is 0 Å². The summed E-state index contributed by atoms with van der Waals surface area (Å²) < 4.78 is 18.9. The highest BCUT2D eigenvalue weighted by Crippen LogP contribution is 2.29. The van der Waals surface area contributed by atoms with E-state index in [4.69, 9.17) is 10.5 Å². The molecule has 2 N–H and O–H groups in total. The standard InChI is InChI=1S/C14H16FNO/c15-14-6-5-12(8-13(14)2-1-7-16)10-17-9-11-3-4-11/h5-6,8,11H,3-4,7,9-10,16H2. The highest BCUT2D eigenvalue weighted by molar-refractivity contribution is 5.38. The molecule has 1 aliphatic carbocycles. The molecule has 0 bridgehead atoms. The second-order valence-corrected chi connectivity index (χ2v) is 4.28. The molecule has 0 heterocycles. The van der Waals surface area contributed by atoms with Crippen LogP contribution in [-0.2, 0) is 11.3 Å². The highest BCUT2D eigenvalue weighted by Gasteiger charge is 2.21. The van der Waals surface area contributed by atoms with E-state index in [2.05, 4.69) is 11.8 Å². The average Bonchev–Trinajstić information content (AvgIpc) is 3.13. The number of benzene rings is 1. The summed E-state index contributed by atoms with van der Waals surface area (Å²) in [5.41, 5.74) is 6.61. The minimum Gasteiger partial charge on any atom is -0.376 e. The quantitative estimate of drug-likeness (QED) is 0.808. The van der Waals surface area contributed by atoms with Gasteiger partial charge in [0.2, 0.25) is 0 Å². The fraction of sp³-hybridized carbons (Fsp3) is 0.429. The Bertz CT molecular complexity index is 443. The Balaban J connectivity index is 1.96. The lowest BCUT2D eigenvalue weighted by atomic mass is 10.1. The molecule has 0 spiro atoms. The van der Waals surface area contributed by atoms with Gasteiger partial charge in [0.25, 0.3) is 0 Å². The SMILES string of the molecule is NCC#Cc1cc(COCC2CC2)ccc1F. The van der Waals surface area contributed by atoms with Crippen molar-refractivity contribution in [2.75, 3.05) is 13.2 Å². The lowest BCUT2D eigenvalue weighted by Gasteiger charge is -2.04. The Labute approximate surface area is 101 Å². The smallest absolute Gasteiger partial charge is 0.138 e. The first-order chi connectivity index (χ1) is 8.29. The van der Waals surface area contributed by atoms with Gasteiger partial charge in [-0.25, -0.2) is 4.39 Å². The molecule has 2 rings (SSSR count). The van der Waals surface area contributed by atoms with Crippen molar-refractivity contribution in [1.29, 1.82) is 0 Å². The third kappa shape index (κ3) is 3.85. The van der Waals surface area contributed by atoms with Crippen LogP contribution < -0.4 is 5.73 Å². The van der Waals surface area contributed by atoms with Crippen molar-refractivity contribution in [3.8, 4) is 11.8 Å². The predicted molar refractivity (Wildman–Crippen MR) is 64.7 cm³/mol. The number of hydrogen-bond donors (Lipinski definition) is 1. The summed E-state index contributed by atoms with van der Waals surface area (Å²) >= 11 is 0. The van der Waals surface area contributed by atoms with Gasteiger partial charge in [0, 0.05) is 6.61 Å². The summed E-state index contributed by atoms with van der Waals surface area (Å²) in [6, 6.07) is 4.89. The number of halogens is 1. The zero-order chi connectivity index (χ0) is 12.1. The van der Waals surface area contributed by atoms with Crippen LogP contribution in [0, 0.1) is 23.6 Å². The zero-order valence-corrected chi connectivity index (χ0v) is 9.71. The van der Waals surface area contributed by atoms with Gasteiger partial charge in [0.05, 0.1) is 18.7 Å². The molecule has 1 aromatic rings. The van der Waals surface area contributed by atoms with E-state index in [-0.39, 0.29) is 12.4 Å². The molecule has 1 aliphatic rings. The molecular weight excluding hydrogens is 217 g/mol. The number of ether oxygens (including phenoxy) is 1.